The molecule has 1 N–H and O–H groups in total. The molecule has 0 radical (unpaired) electrons. The summed E-state index contributed by atoms with van der Waals surface area (Å²) < 4.78 is 30.3. The van der Waals surface area contributed by atoms with Crippen LogP contribution in [-0.4, -0.2) is 68.9 Å². The van der Waals surface area contributed by atoms with E-state index in [0.717, 1.165) is 5.56 Å². The van der Waals surface area contributed by atoms with Crippen molar-refractivity contribution in [3.63, 3.8) is 0 Å². The molecule has 2 aliphatic heterocycles. The first kappa shape index (κ1) is 17.7. The third-order valence-corrected chi connectivity index (χ3v) is 5.61. The van der Waals surface area contributed by atoms with Crippen LogP contribution in [0.3, 0.4) is 0 Å². The van der Waals surface area contributed by atoms with E-state index in [0.29, 0.717) is 37.2 Å². The number of carboxylic acid groups (broad SMARTS) is 1. The molecule has 0 saturated carbocycles. The van der Waals surface area contributed by atoms with Crippen LogP contribution in [-0.2, 0) is 26.0 Å². The molecule has 9 heteroatoms. The van der Waals surface area contributed by atoms with Gasteiger partial charge in [0.1, 0.15) is 0 Å². The Morgan fingerprint density at radius 3 is 2.72 bits per heavy atom. The summed E-state index contributed by atoms with van der Waals surface area (Å²) in [6, 6.07) is 4.95. The van der Waals surface area contributed by atoms with Gasteiger partial charge in [0.2, 0.25) is 10.0 Å². The van der Waals surface area contributed by atoms with E-state index in [-0.39, 0.29) is 19.1 Å². The summed E-state index contributed by atoms with van der Waals surface area (Å²) in [5, 5.41) is 9.05. The molecular weight excluding hydrogens is 348 g/mol. The van der Waals surface area contributed by atoms with E-state index in [1.165, 1.54) is 15.5 Å². The average Bonchev–Trinajstić information content (AvgIpc) is 2.59. The van der Waals surface area contributed by atoms with Crippen molar-refractivity contribution in [2.24, 2.45) is 0 Å². The molecule has 0 aliphatic carbocycles. The summed E-state index contributed by atoms with van der Waals surface area (Å²) in [6.07, 6.45) is 1.54. The Morgan fingerprint density at radius 1 is 1.28 bits per heavy atom. The summed E-state index contributed by atoms with van der Waals surface area (Å²) in [6.45, 7) is 0.939. The lowest BCUT2D eigenvalue weighted by atomic mass is 10.00. The number of amides is 1. The summed E-state index contributed by atoms with van der Waals surface area (Å²) in [5.41, 5.74) is 1.85. The number of benzene rings is 1. The van der Waals surface area contributed by atoms with Gasteiger partial charge in [0.25, 0.3) is 5.91 Å². The average molecular weight is 368 g/mol. The standard InChI is InChI=1S/C16H20N2O6S/c1-25(22,23)18-6-2-3-11-9-12(4-5-13(11)18)15(19)17-7-8-24-14(10-17)16(20)21/h4-5,9,14H,2-3,6-8,10H2,1H3,(H,20,21). The second kappa shape index (κ2) is 6.64. The largest absolute Gasteiger partial charge is 0.479 e. The van der Waals surface area contributed by atoms with E-state index in [2.05, 4.69) is 0 Å². The number of sulfonamides is 1. The second-order valence-electron chi connectivity index (χ2n) is 6.23. The van der Waals surface area contributed by atoms with Crippen LogP contribution in [0.2, 0.25) is 0 Å². The first-order valence-corrected chi connectivity index (χ1v) is 9.86. The number of carbonyl (C=O) groups is 2. The fourth-order valence-electron chi connectivity index (χ4n) is 3.21. The van der Waals surface area contributed by atoms with E-state index >= 15 is 0 Å². The van der Waals surface area contributed by atoms with Gasteiger partial charge in [0.05, 0.1) is 25.1 Å². The molecule has 0 aromatic heterocycles. The number of hydrogen-bond donors (Lipinski definition) is 1. The number of fused-ring (bicyclic) bond motifs is 1. The van der Waals surface area contributed by atoms with Crippen molar-refractivity contribution in [3.05, 3.63) is 29.3 Å². The molecule has 0 spiro atoms. The predicted octanol–water partition coefficient (Wildman–Crippen LogP) is 0.324. The maximum atomic E-state index is 12.7. The third kappa shape index (κ3) is 3.62. The first-order valence-electron chi connectivity index (χ1n) is 8.01. The Morgan fingerprint density at radius 2 is 2.04 bits per heavy atom. The Labute approximate surface area is 146 Å². The minimum absolute atomic E-state index is 0.000710. The van der Waals surface area contributed by atoms with Crippen molar-refractivity contribution in [2.45, 2.75) is 18.9 Å². The van der Waals surface area contributed by atoms with E-state index < -0.39 is 22.1 Å². The number of anilines is 1. The lowest BCUT2D eigenvalue weighted by Gasteiger charge is -2.32. The minimum atomic E-state index is -3.35. The number of morpholine rings is 1. The highest BCUT2D eigenvalue weighted by atomic mass is 32.2. The minimum Gasteiger partial charge on any atom is -0.479 e. The molecule has 1 unspecified atom stereocenters. The number of nitrogens with zero attached hydrogens (tertiary/aromatic N) is 2. The van der Waals surface area contributed by atoms with E-state index in [1.54, 1.807) is 18.2 Å². The fourth-order valence-corrected chi connectivity index (χ4v) is 4.20. The Hall–Kier alpha value is -2.13. The lowest BCUT2D eigenvalue weighted by Crippen LogP contribution is -2.48. The zero-order valence-corrected chi connectivity index (χ0v) is 14.7. The molecule has 0 bridgehead atoms. The lowest BCUT2D eigenvalue weighted by molar-refractivity contribution is -0.154. The topological polar surface area (TPSA) is 104 Å². The quantitative estimate of drug-likeness (QED) is 0.824. The van der Waals surface area contributed by atoms with Gasteiger partial charge in [-0.05, 0) is 36.6 Å². The zero-order chi connectivity index (χ0) is 18.2. The maximum absolute atomic E-state index is 12.7. The van der Waals surface area contributed by atoms with Gasteiger partial charge in [0, 0.05) is 18.7 Å². The number of ether oxygens (including phenoxy) is 1. The highest BCUT2D eigenvalue weighted by Gasteiger charge is 2.30. The van der Waals surface area contributed by atoms with Gasteiger partial charge in [-0.1, -0.05) is 0 Å². The predicted molar refractivity (Wildman–Crippen MR) is 90.2 cm³/mol. The van der Waals surface area contributed by atoms with Crippen LogP contribution < -0.4 is 4.31 Å². The Balaban J connectivity index is 1.84. The molecule has 1 saturated heterocycles. The number of aliphatic carboxylic acids is 1. The number of rotatable bonds is 3. The van der Waals surface area contributed by atoms with Crippen LogP contribution in [0.5, 0.6) is 0 Å². The van der Waals surface area contributed by atoms with E-state index in [1.807, 2.05) is 0 Å². The monoisotopic (exact) mass is 368 g/mol. The van der Waals surface area contributed by atoms with Crippen molar-refractivity contribution in [1.29, 1.82) is 0 Å². The summed E-state index contributed by atoms with van der Waals surface area (Å²) >= 11 is 0. The molecule has 136 valence electrons. The van der Waals surface area contributed by atoms with E-state index in [4.69, 9.17) is 9.84 Å². The number of carboxylic acids is 1. The molecule has 8 nitrogen and oxygen atoms in total. The smallest absolute Gasteiger partial charge is 0.334 e. The van der Waals surface area contributed by atoms with Crippen LogP contribution in [0, 0.1) is 0 Å². The highest BCUT2D eigenvalue weighted by molar-refractivity contribution is 7.92. The molecule has 1 aromatic rings. The maximum Gasteiger partial charge on any atom is 0.334 e. The number of hydrogen-bond acceptors (Lipinski definition) is 5. The number of carbonyl (C=O) groups excluding carboxylic acids is 1. The molecule has 25 heavy (non-hydrogen) atoms. The van der Waals surface area contributed by atoms with Gasteiger partial charge in [-0.25, -0.2) is 13.2 Å². The SMILES string of the molecule is CS(=O)(=O)N1CCCc2cc(C(=O)N3CCOC(C(=O)O)C3)ccc21. The zero-order valence-electron chi connectivity index (χ0n) is 13.8. The Kier molecular flexibility index (Phi) is 4.70. The molecule has 1 amide bonds. The first-order chi connectivity index (χ1) is 11.8. The van der Waals surface area contributed by atoms with Crippen LogP contribution >= 0.6 is 0 Å². The van der Waals surface area contributed by atoms with Gasteiger partial charge in [-0.15, -0.1) is 0 Å². The molecular formula is C16H20N2O6S. The van der Waals surface area contributed by atoms with Crippen LogP contribution in [0.1, 0.15) is 22.3 Å². The van der Waals surface area contributed by atoms with Gasteiger partial charge in [-0.3, -0.25) is 9.10 Å². The molecule has 1 fully saturated rings. The number of aryl methyl sites for hydroxylation is 1. The van der Waals surface area contributed by atoms with Crippen LogP contribution in [0.25, 0.3) is 0 Å². The fraction of sp³-hybridized carbons (Fsp3) is 0.500. The summed E-state index contributed by atoms with van der Waals surface area (Å²) in [7, 11) is -3.35. The van der Waals surface area contributed by atoms with Crippen LogP contribution in [0.4, 0.5) is 5.69 Å². The van der Waals surface area contributed by atoms with Crippen molar-refractivity contribution < 1.29 is 27.9 Å². The summed E-state index contributed by atoms with van der Waals surface area (Å²) in [4.78, 5) is 25.2. The highest BCUT2D eigenvalue weighted by Crippen LogP contribution is 2.30. The van der Waals surface area contributed by atoms with Crippen molar-refractivity contribution in [3.8, 4) is 0 Å². The molecule has 1 atom stereocenters. The third-order valence-electron chi connectivity index (χ3n) is 4.43. The van der Waals surface area contributed by atoms with Crippen molar-refractivity contribution in [2.75, 3.05) is 36.8 Å². The van der Waals surface area contributed by atoms with Crippen LogP contribution in [0.15, 0.2) is 18.2 Å². The Bertz CT molecular complexity index is 807. The van der Waals surface area contributed by atoms with Gasteiger partial charge >= 0.3 is 5.97 Å². The van der Waals surface area contributed by atoms with E-state index in [9.17, 15) is 18.0 Å². The van der Waals surface area contributed by atoms with Gasteiger partial charge in [-0.2, -0.15) is 0 Å². The van der Waals surface area contributed by atoms with Gasteiger partial charge < -0.3 is 14.7 Å². The van der Waals surface area contributed by atoms with Crippen molar-refractivity contribution >= 4 is 27.6 Å². The van der Waals surface area contributed by atoms with Gasteiger partial charge in [0.15, 0.2) is 6.10 Å². The molecule has 1 aromatic carbocycles. The molecule has 3 rings (SSSR count). The second-order valence-corrected chi connectivity index (χ2v) is 8.14. The van der Waals surface area contributed by atoms with Crippen molar-refractivity contribution in [1.82, 2.24) is 4.90 Å². The summed E-state index contributed by atoms with van der Waals surface area (Å²) in [5.74, 6) is -1.36. The molecule has 2 heterocycles. The molecule has 2 aliphatic rings. The normalized spacial score (nSPS) is 20.9.